The van der Waals surface area contributed by atoms with Crippen LogP contribution in [0.1, 0.15) is 30.1 Å². The smallest absolute Gasteiger partial charge is 0.267 e. The summed E-state index contributed by atoms with van der Waals surface area (Å²) in [5, 5.41) is 13.4. The van der Waals surface area contributed by atoms with Crippen molar-refractivity contribution in [3.05, 3.63) is 69.5 Å². The van der Waals surface area contributed by atoms with Gasteiger partial charge in [0.05, 0.1) is 27.8 Å². The van der Waals surface area contributed by atoms with Gasteiger partial charge < -0.3 is 16.8 Å². The molecule has 11 heteroatoms. The number of halogens is 1. The molecule has 0 amide bonds. The van der Waals surface area contributed by atoms with Gasteiger partial charge in [-0.15, -0.1) is 0 Å². The molecule has 1 fully saturated rings. The Morgan fingerprint density at radius 2 is 2.03 bits per heavy atom. The van der Waals surface area contributed by atoms with Crippen LogP contribution in [0.5, 0.6) is 0 Å². The molecule has 170 valence electrons. The number of nitrogens with two attached hydrogens (primary N) is 2. The third-order valence-corrected chi connectivity index (χ3v) is 6.17. The lowest BCUT2D eigenvalue weighted by Gasteiger charge is -2.22. The fourth-order valence-corrected chi connectivity index (χ4v) is 4.35. The number of nitrogen functional groups attached to an aromatic ring is 2. The topological polar surface area (TPSA) is 161 Å². The van der Waals surface area contributed by atoms with E-state index in [0.29, 0.717) is 39.9 Å². The van der Waals surface area contributed by atoms with Gasteiger partial charge in [0.15, 0.2) is 5.82 Å². The molecule has 4 aromatic rings. The number of aromatic nitrogens is 5. The van der Waals surface area contributed by atoms with Gasteiger partial charge in [-0.1, -0.05) is 17.7 Å². The molecule has 5 N–H and O–H groups in total. The molecular formula is C23H20ClN9O. The molecule has 3 aromatic heterocycles. The van der Waals surface area contributed by atoms with Gasteiger partial charge in [-0.25, -0.2) is 4.98 Å². The average molecular weight is 474 g/mol. The summed E-state index contributed by atoms with van der Waals surface area (Å²) >= 11 is 6.38. The Balaban J connectivity index is 1.65. The zero-order chi connectivity index (χ0) is 23.8. The van der Waals surface area contributed by atoms with Crippen molar-refractivity contribution in [2.45, 2.75) is 18.8 Å². The molecule has 34 heavy (non-hydrogen) atoms. The first kappa shape index (κ1) is 21.6. The number of anilines is 3. The molecule has 1 aliphatic rings. The molecule has 1 saturated carbocycles. The van der Waals surface area contributed by atoms with Gasteiger partial charge in [0.25, 0.3) is 5.56 Å². The first-order valence-electron chi connectivity index (χ1n) is 10.7. The number of hydrogen-bond donors (Lipinski definition) is 3. The Bertz CT molecular complexity index is 1490. The predicted octanol–water partition coefficient (Wildman–Crippen LogP) is 2.87. The normalized spacial score (nSPS) is 14.0. The zero-order valence-corrected chi connectivity index (χ0v) is 18.7. The van der Waals surface area contributed by atoms with Gasteiger partial charge in [-0.05, 0) is 43.0 Å². The summed E-state index contributed by atoms with van der Waals surface area (Å²) in [6.45, 7) is 0.355. The van der Waals surface area contributed by atoms with Crippen LogP contribution in [0.3, 0.4) is 0 Å². The summed E-state index contributed by atoms with van der Waals surface area (Å²) in [6.07, 6.45) is 5.24. The second kappa shape index (κ2) is 8.61. The number of nitriles is 1. The number of rotatable bonds is 6. The maximum atomic E-state index is 13.7. The van der Waals surface area contributed by atoms with Crippen molar-refractivity contribution in [3.8, 4) is 11.8 Å². The summed E-state index contributed by atoms with van der Waals surface area (Å²) < 4.78 is 1.57. The van der Waals surface area contributed by atoms with Crippen LogP contribution in [0.4, 0.5) is 17.6 Å². The molecule has 3 heterocycles. The summed E-state index contributed by atoms with van der Waals surface area (Å²) in [6, 6.07) is 10.8. The highest BCUT2D eigenvalue weighted by atomic mass is 35.5. The fraction of sp³-hybridized carbons (Fsp3) is 0.217. The van der Waals surface area contributed by atoms with E-state index >= 15 is 0 Å². The zero-order valence-electron chi connectivity index (χ0n) is 17.9. The number of nitrogens with zero attached hydrogens (tertiary/aromatic N) is 6. The van der Waals surface area contributed by atoms with Gasteiger partial charge in [-0.2, -0.15) is 15.2 Å². The van der Waals surface area contributed by atoms with Gasteiger partial charge in [0.2, 0.25) is 5.95 Å². The monoisotopic (exact) mass is 473 g/mol. The van der Waals surface area contributed by atoms with Crippen molar-refractivity contribution in [2.24, 2.45) is 5.92 Å². The van der Waals surface area contributed by atoms with Crippen molar-refractivity contribution in [2.75, 3.05) is 23.3 Å². The van der Waals surface area contributed by atoms with E-state index in [1.807, 2.05) is 6.07 Å². The minimum atomic E-state index is -0.266. The molecule has 0 bridgehead atoms. The lowest BCUT2D eigenvalue weighted by atomic mass is 10.0. The van der Waals surface area contributed by atoms with E-state index in [-0.39, 0.29) is 34.6 Å². The highest BCUT2D eigenvalue weighted by Crippen LogP contribution is 2.42. The predicted molar refractivity (Wildman–Crippen MR) is 130 cm³/mol. The number of hydrogen-bond acceptors (Lipinski definition) is 9. The summed E-state index contributed by atoms with van der Waals surface area (Å²) in [5.74, 6) is 0.925. The van der Waals surface area contributed by atoms with Crippen LogP contribution in [0.2, 0.25) is 5.02 Å². The van der Waals surface area contributed by atoms with E-state index in [2.05, 4.69) is 20.3 Å². The van der Waals surface area contributed by atoms with Crippen molar-refractivity contribution in [3.63, 3.8) is 0 Å². The Morgan fingerprint density at radius 1 is 1.21 bits per heavy atom. The molecule has 1 aromatic carbocycles. The van der Waals surface area contributed by atoms with Crippen LogP contribution in [0.25, 0.3) is 16.6 Å². The Kier molecular flexibility index (Phi) is 5.47. The van der Waals surface area contributed by atoms with Crippen LogP contribution in [-0.2, 0) is 0 Å². The SMILES string of the molecule is N#Cc1c(N)nc(N)nc1NCC(c1nc2cccc(Cl)c2c(=O)n1-c1cccnc1)C1CC1. The molecule has 0 aliphatic heterocycles. The maximum Gasteiger partial charge on any atom is 0.267 e. The highest BCUT2D eigenvalue weighted by molar-refractivity contribution is 6.35. The maximum absolute atomic E-state index is 13.7. The summed E-state index contributed by atoms with van der Waals surface area (Å²) in [4.78, 5) is 30.7. The molecule has 0 radical (unpaired) electrons. The molecule has 1 unspecified atom stereocenters. The second-order valence-corrected chi connectivity index (χ2v) is 8.49. The van der Waals surface area contributed by atoms with Gasteiger partial charge in [-0.3, -0.25) is 14.3 Å². The van der Waals surface area contributed by atoms with Gasteiger partial charge in [0.1, 0.15) is 23.3 Å². The lowest BCUT2D eigenvalue weighted by molar-refractivity contribution is 0.574. The molecule has 5 rings (SSSR count). The summed E-state index contributed by atoms with van der Waals surface area (Å²) in [5.41, 5.74) is 12.6. The van der Waals surface area contributed by atoms with Gasteiger partial charge >= 0.3 is 0 Å². The quantitative estimate of drug-likeness (QED) is 0.382. The third kappa shape index (κ3) is 3.86. The van der Waals surface area contributed by atoms with E-state index < -0.39 is 0 Å². The first-order valence-corrected chi connectivity index (χ1v) is 11.0. The van der Waals surface area contributed by atoms with Crippen molar-refractivity contribution in [1.82, 2.24) is 24.5 Å². The first-order chi connectivity index (χ1) is 16.5. The van der Waals surface area contributed by atoms with E-state index in [1.54, 1.807) is 47.3 Å². The lowest BCUT2D eigenvalue weighted by Crippen LogP contribution is -2.29. The number of nitrogens with one attached hydrogen (secondary N) is 1. The van der Waals surface area contributed by atoms with Crippen molar-refractivity contribution < 1.29 is 0 Å². The van der Waals surface area contributed by atoms with E-state index in [0.717, 1.165) is 12.8 Å². The van der Waals surface area contributed by atoms with Gasteiger partial charge in [0, 0.05) is 18.7 Å². The van der Waals surface area contributed by atoms with Crippen LogP contribution >= 0.6 is 11.6 Å². The fourth-order valence-electron chi connectivity index (χ4n) is 4.10. The van der Waals surface area contributed by atoms with Crippen LogP contribution in [0, 0.1) is 17.2 Å². The summed E-state index contributed by atoms with van der Waals surface area (Å²) in [7, 11) is 0. The highest BCUT2D eigenvalue weighted by Gasteiger charge is 2.36. The van der Waals surface area contributed by atoms with Crippen LogP contribution in [0.15, 0.2) is 47.5 Å². The van der Waals surface area contributed by atoms with Crippen molar-refractivity contribution in [1.29, 1.82) is 5.26 Å². The molecule has 1 aliphatic carbocycles. The van der Waals surface area contributed by atoms with Crippen LogP contribution in [-0.4, -0.2) is 31.0 Å². The van der Waals surface area contributed by atoms with E-state index in [9.17, 15) is 10.1 Å². The molecule has 0 spiro atoms. The van der Waals surface area contributed by atoms with E-state index in [4.69, 9.17) is 28.1 Å². The molecular weight excluding hydrogens is 454 g/mol. The Hall–Kier alpha value is -4.23. The number of fused-ring (bicyclic) bond motifs is 1. The standard InChI is InChI=1S/C23H20ClN9O/c24-16-4-1-5-17-18(16)22(34)33(13-3-2-8-28-10-13)21(30-17)15(12-6-7-12)11-29-20-14(9-25)19(26)31-23(27)32-20/h1-5,8,10,12,15H,6-7,11H2,(H5,26,27,29,31,32). The van der Waals surface area contributed by atoms with Crippen LogP contribution < -0.4 is 22.3 Å². The van der Waals surface area contributed by atoms with E-state index in [1.165, 1.54) is 0 Å². The largest absolute Gasteiger partial charge is 0.382 e. The molecule has 1 atom stereocenters. The average Bonchev–Trinajstić information content (AvgIpc) is 3.65. The molecule has 10 nitrogen and oxygen atoms in total. The third-order valence-electron chi connectivity index (χ3n) is 5.86. The number of pyridine rings is 1. The Labute approximate surface area is 199 Å². The number of benzene rings is 1. The molecule has 0 saturated heterocycles. The minimum absolute atomic E-state index is 0.00575. The Morgan fingerprint density at radius 3 is 2.74 bits per heavy atom. The van der Waals surface area contributed by atoms with Crippen molar-refractivity contribution >= 4 is 40.1 Å². The second-order valence-electron chi connectivity index (χ2n) is 8.08. The minimum Gasteiger partial charge on any atom is -0.382 e.